The number of hydrogen-bond acceptors (Lipinski definition) is 1. The van der Waals surface area contributed by atoms with Gasteiger partial charge < -0.3 is 0 Å². The van der Waals surface area contributed by atoms with Gasteiger partial charge in [0.2, 0.25) is 0 Å². The van der Waals surface area contributed by atoms with Gasteiger partial charge in [-0.15, -0.1) is 6.58 Å². The Labute approximate surface area is 86.9 Å². The van der Waals surface area contributed by atoms with Gasteiger partial charge in [-0.05, 0) is 44.1 Å². The van der Waals surface area contributed by atoms with Crippen LogP contribution in [0.25, 0.3) is 0 Å². The molecule has 1 rings (SSSR count). The van der Waals surface area contributed by atoms with Crippen molar-refractivity contribution in [2.45, 2.75) is 46.0 Å². The van der Waals surface area contributed by atoms with Crippen LogP contribution in [-0.2, 0) is 4.79 Å². The quantitative estimate of drug-likeness (QED) is 0.492. The zero-order valence-electron chi connectivity index (χ0n) is 9.31. The van der Waals surface area contributed by atoms with Gasteiger partial charge in [-0.3, -0.25) is 4.79 Å². The van der Waals surface area contributed by atoms with Crippen molar-refractivity contribution in [2.75, 3.05) is 0 Å². The zero-order valence-corrected chi connectivity index (χ0v) is 9.31. The van der Waals surface area contributed by atoms with E-state index >= 15 is 0 Å². The van der Waals surface area contributed by atoms with Crippen LogP contribution in [0.2, 0.25) is 0 Å². The van der Waals surface area contributed by atoms with Crippen molar-refractivity contribution >= 4 is 5.78 Å². The van der Waals surface area contributed by atoms with Gasteiger partial charge in [-0.2, -0.15) is 0 Å². The number of hydrogen-bond donors (Lipinski definition) is 0. The van der Waals surface area contributed by atoms with Crippen molar-refractivity contribution in [3.63, 3.8) is 0 Å². The van der Waals surface area contributed by atoms with Gasteiger partial charge in [0.05, 0.1) is 0 Å². The summed E-state index contributed by atoms with van der Waals surface area (Å²) in [5.41, 5.74) is 2.38. The molecule has 14 heavy (non-hydrogen) atoms. The standard InChI is InChI=1S/C13H20O/c1-4-5-6-11(3)12-8-7-10(2)9-13(12)14/h4,10H,1,5-9H2,2-3H3/b12-11+. The van der Waals surface area contributed by atoms with Crippen molar-refractivity contribution in [2.24, 2.45) is 5.92 Å². The molecule has 0 spiro atoms. The molecule has 0 radical (unpaired) electrons. The molecule has 1 aliphatic rings. The van der Waals surface area contributed by atoms with Gasteiger partial charge in [0.1, 0.15) is 0 Å². The monoisotopic (exact) mass is 192 g/mol. The number of carbonyl (C=O) groups is 1. The van der Waals surface area contributed by atoms with Crippen LogP contribution < -0.4 is 0 Å². The fourth-order valence-corrected chi connectivity index (χ4v) is 1.99. The van der Waals surface area contributed by atoms with Crippen molar-refractivity contribution in [1.82, 2.24) is 0 Å². The van der Waals surface area contributed by atoms with Crippen LogP contribution in [0.15, 0.2) is 23.8 Å². The first-order chi connectivity index (χ1) is 6.65. The maximum absolute atomic E-state index is 11.7. The van der Waals surface area contributed by atoms with E-state index < -0.39 is 0 Å². The summed E-state index contributed by atoms with van der Waals surface area (Å²) < 4.78 is 0. The normalized spacial score (nSPS) is 26.1. The molecule has 78 valence electrons. The second-order valence-electron chi connectivity index (χ2n) is 4.36. The summed E-state index contributed by atoms with van der Waals surface area (Å²) in [5, 5.41) is 0. The molecule has 1 atom stereocenters. The van der Waals surface area contributed by atoms with Gasteiger partial charge in [0.25, 0.3) is 0 Å². The van der Waals surface area contributed by atoms with Gasteiger partial charge in [0.15, 0.2) is 5.78 Å². The molecule has 1 saturated carbocycles. The van der Waals surface area contributed by atoms with Crippen LogP contribution in [-0.4, -0.2) is 5.78 Å². The van der Waals surface area contributed by atoms with Crippen LogP contribution >= 0.6 is 0 Å². The Morgan fingerprint density at radius 1 is 1.64 bits per heavy atom. The lowest BCUT2D eigenvalue weighted by Gasteiger charge is -2.21. The fourth-order valence-electron chi connectivity index (χ4n) is 1.99. The van der Waals surface area contributed by atoms with Gasteiger partial charge in [-0.1, -0.05) is 18.6 Å². The number of ketones is 1. The maximum Gasteiger partial charge on any atom is 0.159 e. The third-order valence-corrected chi connectivity index (χ3v) is 3.00. The second kappa shape index (κ2) is 5.14. The van der Waals surface area contributed by atoms with Crippen molar-refractivity contribution < 1.29 is 4.79 Å². The Kier molecular flexibility index (Phi) is 4.12. The minimum Gasteiger partial charge on any atom is -0.295 e. The first-order valence-electron chi connectivity index (χ1n) is 5.48. The van der Waals surface area contributed by atoms with Crippen LogP contribution in [0.5, 0.6) is 0 Å². The Morgan fingerprint density at radius 2 is 2.36 bits per heavy atom. The van der Waals surface area contributed by atoms with E-state index in [0.717, 1.165) is 31.3 Å². The summed E-state index contributed by atoms with van der Waals surface area (Å²) in [4.78, 5) is 11.7. The molecule has 0 bridgehead atoms. The topological polar surface area (TPSA) is 17.1 Å². The summed E-state index contributed by atoms with van der Waals surface area (Å²) in [5.74, 6) is 0.962. The number of Topliss-reactive ketones (excluding diaryl/α,β-unsaturated/α-hetero) is 1. The predicted molar refractivity (Wildman–Crippen MR) is 60.2 cm³/mol. The zero-order chi connectivity index (χ0) is 10.6. The summed E-state index contributed by atoms with van der Waals surface area (Å²) in [6.07, 6.45) is 6.81. The summed E-state index contributed by atoms with van der Waals surface area (Å²) in [7, 11) is 0. The molecule has 1 unspecified atom stereocenters. The van der Waals surface area contributed by atoms with E-state index in [1.807, 2.05) is 6.08 Å². The fraction of sp³-hybridized carbons (Fsp3) is 0.615. The smallest absolute Gasteiger partial charge is 0.159 e. The Morgan fingerprint density at radius 3 is 2.93 bits per heavy atom. The third kappa shape index (κ3) is 2.83. The van der Waals surface area contributed by atoms with E-state index in [4.69, 9.17) is 0 Å². The number of carbonyl (C=O) groups excluding carboxylic acids is 1. The van der Waals surface area contributed by atoms with Crippen molar-refractivity contribution in [1.29, 1.82) is 0 Å². The molecular weight excluding hydrogens is 172 g/mol. The molecule has 0 saturated heterocycles. The Balaban J connectivity index is 2.65. The lowest BCUT2D eigenvalue weighted by atomic mass is 9.83. The van der Waals surface area contributed by atoms with Crippen LogP contribution in [0.1, 0.15) is 46.0 Å². The third-order valence-electron chi connectivity index (χ3n) is 3.00. The Bertz CT molecular complexity index is 260. The highest BCUT2D eigenvalue weighted by molar-refractivity contribution is 5.96. The first kappa shape index (κ1) is 11.2. The average molecular weight is 192 g/mol. The second-order valence-corrected chi connectivity index (χ2v) is 4.36. The number of rotatable bonds is 3. The molecule has 0 aromatic rings. The van der Waals surface area contributed by atoms with E-state index in [1.165, 1.54) is 12.0 Å². The van der Waals surface area contributed by atoms with Gasteiger partial charge in [-0.25, -0.2) is 0 Å². The predicted octanol–water partition coefficient (Wildman–Crippen LogP) is 3.66. The minimum absolute atomic E-state index is 0.380. The highest BCUT2D eigenvalue weighted by atomic mass is 16.1. The minimum atomic E-state index is 0.380. The van der Waals surface area contributed by atoms with E-state index in [-0.39, 0.29) is 0 Å². The highest BCUT2D eigenvalue weighted by Gasteiger charge is 2.21. The molecule has 0 aromatic carbocycles. The molecule has 0 heterocycles. The summed E-state index contributed by atoms with van der Waals surface area (Å²) in [6, 6.07) is 0. The lowest BCUT2D eigenvalue weighted by molar-refractivity contribution is -0.117. The number of allylic oxidation sites excluding steroid dienone is 3. The van der Waals surface area contributed by atoms with Crippen LogP contribution in [0.4, 0.5) is 0 Å². The van der Waals surface area contributed by atoms with Crippen LogP contribution in [0, 0.1) is 5.92 Å². The first-order valence-corrected chi connectivity index (χ1v) is 5.48. The van der Waals surface area contributed by atoms with Crippen molar-refractivity contribution in [3.8, 4) is 0 Å². The summed E-state index contributed by atoms with van der Waals surface area (Å²) >= 11 is 0. The van der Waals surface area contributed by atoms with Crippen molar-refractivity contribution in [3.05, 3.63) is 23.8 Å². The molecule has 0 N–H and O–H groups in total. The largest absolute Gasteiger partial charge is 0.295 e. The molecule has 0 amide bonds. The van der Waals surface area contributed by atoms with E-state index in [1.54, 1.807) is 0 Å². The average Bonchev–Trinajstić information content (AvgIpc) is 2.14. The van der Waals surface area contributed by atoms with Gasteiger partial charge in [0, 0.05) is 6.42 Å². The maximum atomic E-state index is 11.7. The molecular formula is C13H20O. The molecule has 1 nitrogen and oxygen atoms in total. The molecule has 0 aromatic heterocycles. The molecule has 1 aliphatic carbocycles. The van der Waals surface area contributed by atoms with Crippen LogP contribution in [0.3, 0.4) is 0 Å². The van der Waals surface area contributed by atoms with E-state index in [2.05, 4.69) is 20.4 Å². The molecule has 1 heteroatoms. The molecule has 1 fully saturated rings. The lowest BCUT2D eigenvalue weighted by Crippen LogP contribution is -2.16. The Hall–Kier alpha value is -0.850. The summed E-state index contributed by atoms with van der Waals surface area (Å²) in [6.45, 7) is 7.95. The van der Waals surface area contributed by atoms with E-state index in [9.17, 15) is 4.79 Å². The SMILES string of the molecule is C=CCC/C(C)=C1\CCC(C)CC1=O. The molecule has 0 aliphatic heterocycles. The van der Waals surface area contributed by atoms with Gasteiger partial charge >= 0.3 is 0 Å². The van der Waals surface area contributed by atoms with E-state index in [0.29, 0.717) is 11.7 Å². The highest BCUT2D eigenvalue weighted by Crippen LogP contribution is 2.28.